The molecule has 0 saturated heterocycles. The predicted octanol–water partition coefficient (Wildman–Crippen LogP) is 8.30. The lowest BCUT2D eigenvalue weighted by Crippen LogP contribution is -2.12. The molecule has 2 unspecified atom stereocenters. The maximum absolute atomic E-state index is 6.19. The minimum atomic E-state index is -0.339. The second-order valence-corrected chi connectivity index (χ2v) is 8.65. The van der Waals surface area contributed by atoms with Crippen LogP contribution in [0.3, 0.4) is 0 Å². The first-order valence-electron chi connectivity index (χ1n) is 10.5. The second-order valence-electron chi connectivity index (χ2n) is 7.52. The average Bonchev–Trinajstić information content (AvgIpc) is 2.88. The molecular weight excluding hydrogens is 528 g/mol. The number of hydrogen-bond acceptors (Lipinski definition) is 2. The van der Waals surface area contributed by atoms with Gasteiger partial charge in [-0.15, -0.1) is 0 Å². The fourth-order valence-electron chi connectivity index (χ4n) is 3.54. The molecule has 0 heterocycles. The molecule has 4 aromatic rings. The quantitative estimate of drug-likeness (QED) is 0.118. The van der Waals surface area contributed by atoms with Crippen LogP contribution in [-0.2, 0) is 20.4 Å². The van der Waals surface area contributed by atoms with Gasteiger partial charge in [0, 0.05) is 10.7 Å². The van der Waals surface area contributed by atoms with Crippen LogP contribution >= 0.6 is 31.9 Å². The summed E-state index contributed by atoms with van der Waals surface area (Å²) in [5.41, 5.74) is 6.61. The van der Waals surface area contributed by atoms with Gasteiger partial charge in [-0.05, 0) is 33.4 Å². The summed E-state index contributed by atoms with van der Waals surface area (Å²) >= 11 is 7.03. The van der Waals surface area contributed by atoms with E-state index in [-0.39, 0.29) is 12.2 Å². The standard InChI is InChI=1S/C28H24Br2O2/c29-19-21-11-15-25(16-12-21)27(23-7-3-1-4-8-23)31-32-28(24-9-5-2-6-10-24)26-17-13-22(20-30)14-18-26/h1-18,27-28H,19-20H2. The molecule has 0 N–H and O–H groups in total. The fraction of sp³-hybridized carbons (Fsp3) is 0.143. The van der Waals surface area contributed by atoms with Crippen molar-refractivity contribution in [2.75, 3.05) is 0 Å². The van der Waals surface area contributed by atoms with Crippen LogP contribution in [0.1, 0.15) is 45.6 Å². The molecule has 0 amide bonds. The van der Waals surface area contributed by atoms with Crippen LogP contribution in [0.5, 0.6) is 0 Å². The summed E-state index contributed by atoms with van der Waals surface area (Å²) in [4.78, 5) is 12.4. The molecule has 0 radical (unpaired) electrons. The van der Waals surface area contributed by atoms with Crippen LogP contribution in [0.4, 0.5) is 0 Å². The molecule has 0 aliphatic carbocycles. The van der Waals surface area contributed by atoms with Gasteiger partial charge in [0.2, 0.25) is 0 Å². The van der Waals surface area contributed by atoms with Gasteiger partial charge in [0.15, 0.2) is 0 Å². The molecule has 0 bridgehead atoms. The Morgan fingerprint density at radius 1 is 0.438 bits per heavy atom. The maximum Gasteiger partial charge on any atom is 0.143 e. The van der Waals surface area contributed by atoms with Crippen molar-refractivity contribution >= 4 is 31.9 Å². The van der Waals surface area contributed by atoms with E-state index in [1.165, 1.54) is 11.1 Å². The SMILES string of the molecule is BrCc1ccc(C(OOC(c2ccccc2)c2ccc(CBr)cc2)c2ccccc2)cc1. The van der Waals surface area contributed by atoms with Crippen LogP contribution < -0.4 is 0 Å². The lowest BCUT2D eigenvalue weighted by atomic mass is 10.0. The van der Waals surface area contributed by atoms with Gasteiger partial charge in [0.05, 0.1) is 0 Å². The molecule has 4 heteroatoms. The first-order valence-corrected chi connectivity index (χ1v) is 12.7. The van der Waals surface area contributed by atoms with Crippen molar-refractivity contribution in [3.05, 3.63) is 143 Å². The van der Waals surface area contributed by atoms with Crippen LogP contribution in [-0.4, -0.2) is 0 Å². The van der Waals surface area contributed by atoms with Gasteiger partial charge < -0.3 is 0 Å². The fourth-order valence-corrected chi connectivity index (χ4v) is 4.28. The molecule has 4 aromatic carbocycles. The van der Waals surface area contributed by atoms with Crippen molar-refractivity contribution in [1.82, 2.24) is 0 Å². The first kappa shape index (κ1) is 22.9. The summed E-state index contributed by atoms with van der Waals surface area (Å²) in [6.45, 7) is 0. The molecule has 0 aliphatic rings. The van der Waals surface area contributed by atoms with Gasteiger partial charge >= 0.3 is 0 Å². The minimum Gasteiger partial charge on any atom is -0.223 e. The lowest BCUT2D eigenvalue weighted by molar-refractivity contribution is -0.340. The van der Waals surface area contributed by atoms with Crippen LogP contribution in [0.2, 0.25) is 0 Å². The number of benzene rings is 4. The highest BCUT2D eigenvalue weighted by Crippen LogP contribution is 2.32. The normalized spacial score (nSPS) is 12.9. The zero-order valence-electron chi connectivity index (χ0n) is 17.5. The third-order valence-electron chi connectivity index (χ3n) is 5.33. The van der Waals surface area contributed by atoms with E-state index in [2.05, 4.69) is 105 Å². The highest BCUT2D eigenvalue weighted by Gasteiger charge is 2.21. The summed E-state index contributed by atoms with van der Waals surface area (Å²) in [6, 6.07) is 37.2. The van der Waals surface area contributed by atoms with Crippen molar-refractivity contribution < 1.29 is 9.78 Å². The van der Waals surface area contributed by atoms with Crippen molar-refractivity contribution in [3.63, 3.8) is 0 Å². The Hall–Kier alpha value is -2.24. The van der Waals surface area contributed by atoms with Gasteiger partial charge in [0.1, 0.15) is 12.2 Å². The van der Waals surface area contributed by atoms with Gasteiger partial charge in [0.25, 0.3) is 0 Å². The Bertz CT molecular complexity index is 991. The zero-order chi connectivity index (χ0) is 22.2. The highest BCUT2D eigenvalue weighted by molar-refractivity contribution is 9.08. The van der Waals surface area contributed by atoms with E-state index in [4.69, 9.17) is 9.78 Å². The number of hydrogen-bond donors (Lipinski definition) is 0. The summed E-state index contributed by atoms with van der Waals surface area (Å²) in [5.74, 6) is 0. The molecule has 2 nitrogen and oxygen atoms in total. The monoisotopic (exact) mass is 550 g/mol. The van der Waals surface area contributed by atoms with Crippen molar-refractivity contribution in [1.29, 1.82) is 0 Å². The Morgan fingerprint density at radius 2 is 0.750 bits per heavy atom. The van der Waals surface area contributed by atoms with Crippen LogP contribution in [0, 0.1) is 0 Å². The number of rotatable bonds is 9. The van der Waals surface area contributed by atoms with Crippen molar-refractivity contribution in [2.24, 2.45) is 0 Å². The van der Waals surface area contributed by atoms with Crippen molar-refractivity contribution in [2.45, 2.75) is 22.9 Å². The largest absolute Gasteiger partial charge is 0.223 e. The molecule has 0 fully saturated rings. The smallest absolute Gasteiger partial charge is 0.143 e. The van der Waals surface area contributed by atoms with E-state index in [0.29, 0.717) is 0 Å². The summed E-state index contributed by atoms with van der Waals surface area (Å²) in [7, 11) is 0. The third-order valence-corrected chi connectivity index (χ3v) is 6.62. The molecule has 2 atom stereocenters. The Balaban J connectivity index is 1.64. The Kier molecular flexibility index (Phi) is 8.30. The molecule has 0 aromatic heterocycles. The van der Waals surface area contributed by atoms with Gasteiger partial charge in [-0.3, -0.25) is 0 Å². The van der Waals surface area contributed by atoms with Gasteiger partial charge in [-0.25, -0.2) is 9.78 Å². The Morgan fingerprint density at radius 3 is 1.06 bits per heavy atom. The molecule has 0 saturated carbocycles. The lowest BCUT2D eigenvalue weighted by Gasteiger charge is -2.23. The van der Waals surface area contributed by atoms with E-state index < -0.39 is 0 Å². The molecule has 0 aliphatic heterocycles. The number of alkyl halides is 2. The van der Waals surface area contributed by atoms with E-state index in [0.717, 1.165) is 32.9 Å². The van der Waals surface area contributed by atoms with Crippen LogP contribution in [0.15, 0.2) is 109 Å². The summed E-state index contributed by atoms with van der Waals surface area (Å²) in [5, 5.41) is 1.64. The Labute approximate surface area is 206 Å². The van der Waals surface area contributed by atoms with Gasteiger partial charge in [-0.1, -0.05) is 141 Å². The van der Waals surface area contributed by atoms with Crippen molar-refractivity contribution in [3.8, 4) is 0 Å². The first-order chi connectivity index (χ1) is 15.8. The number of halogens is 2. The average molecular weight is 552 g/mol. The molecule has 0 spiro atoms. The predicted molar refractivity (Wildman–Crippen MR) is 137 cm³/mol. The van der Waals surface area contributed by atoms with E-state index in [1.54, 1.807) is 0 Å². The maximum atomic E-state index is 6.19. The van der Waals surface area contributed by atoms with Gasteiger partial charge in [-0.2, -0.15) is 0 Å². The molecule has 32 heavy (non-hydrogen) atoms. The van der Waals surface area contributed by atoms with Crippen LogP contribution in [0.25, 0.3) is 0 Å². The summed E-state index contributed by atoms with van der Waals surface area (Å²) < 4.78 is 0. The minimum absolute atomic E-state index is 0.339. The zero-order valence-corrected chi connectivity index (χ0v) is 20.7. The molecule has 4 rings (SSSR count). The van der Waals surface area contributed by atoms with E-state index in [9.17, 15) is 0 Å². The summed E-state index contributed by atoms with van der Waals surface area (Å²) in [6.07, 6.45) is -0.679. The topological polar surface area (TPSA) is 18.5 Å². The molecular formula is C28H24Br2O2. The second kappa shape index (κ2) is 11.6. The highest BCUT2D eigenvalue weighted by atomic mass is 79.9. The van der Waals surface area contributed by atoms with E-state index in [1.807, 2.05) is 36.4 Å². The molecule has 162 valence electrons. The van der Waals surface area contributed by atoms with E-state index >= 15 is 0 Å². The third kappa shape index (κ3) is 5.76.